The number of nitrogens with zero attached hydrogens (tertiary/aromatic N) is 1. The molecule has 0 bridgehead atoms. The van der Waals surface area contributed by atoms with E-state index in [4.69, 9.17) is 10.2 Å². The summed E-state index contributed by atoms with van der Waals surface area (Å²) in [7, 11) is 0. The summed E-state index contributed by atoms with van der Waals surface area (Å²) in [6.45, 7) is 4.42. The van der Waals surface area contributed by atoms with E-state index in [1.54, 1.807) is 0 Å². The van der Waals surface area contributed by atoms with Gasteiger partial charge in [-0.2, -0.15) is 0 Å². The molecule has 1 aromatic heterocycles. The SMILES string of the molecule is Cc1nc(Sc2cccc(CN)c2)oc1C. The summed E-state index contributed by atoms with van der Waals surface area (Å²) in [5.41, 5.74) is 7.65. The predicted molar refractivity (Wildman–Crippen MR) is 64.4 cm³/mol. The first-order chi connectivity index (χ1) is 7.69. The van der Waals surface area contributed by atoms with Crippen LogP contribution in [0.15, 0.2) is 38.8 Å². The largest absolute Gasteiger partial charge is 0.436 e. The molecule has 0 radical (unpaired) electrons. The van der Waals surface area contributed by atoms with Gasteiger partial charge in [0.1, 0.15) is 5.76 Å². The summed E-state index contributed by atoms with van der Waals surface area (Å²) >= 11 is 1.52. The van der Waals surface area contributed by atoms with Gasteiger partial charge >= 0.3 is 0 Å². The van der Waals surface area contributed by atoms with Crippen LogP contribution in [0.5, 0.6) is 0 Å². The number of nitrogens with two attached hydrogens (primary N) is 1. The molecule has 1 aromatic carbocycles. The lowest BCUT2D eigenvalue weighted by molar-refractivity contribution is 0.431. The zero-order chi connectivity index (χ0) is 11.5. The maximum Gasteiger partial charge on any atom is 0.260 e. The fourth-order valence-electron chi connectivity index (χ4n) is 1.32. The summed E-state index contributed by atoms with van der Waals surface area (Å²) in [6, 6.07) is 8.08. The van der Waals surface area contributed by atoms with E-state index in [0.29, 0.717) is 11.8 Å². The molecule has 0 atom stereocenters. The number of aryl methyl sites for hydroxylation is 2. The molecule has 0 fully saturated rings. The molecule has 1 heterocycles. The molecule has 0 unspecified atom stereocenters. The van der Waals surface area contributed by atoms with E-state index < -0.39 is 0 Å². The molecule has 0 amide bonds. The minimum Gasteiger partial charge on any atom is -0.436 e. The number of aromatic nitrogens is 1. The van der Waals surface area contributed by atoms with Crippen LogP contribution in [0.1, 0.15) is 17.0 Å². The molecule has 84 valence electrons. The maximum atomic E-state index is 5.59. The zero-order valence-electron chi connectivity index (χ0n) is 9.36. The third-order valence-electron chi connectivity index (χ3n) is 2.35. The van der Waals surface area contributed by atoms with Gasteiger partial charge in [-0.15, -0.1) is 0 Å². The molecular weight excluding hydrogens is 220 g/mol. The highest BCUT2D eigenvalue weighted by Gasteiger charge is 2.07. The van der Waals surface area contributed by atoms with Crippen molar-refractivity contribution in [2.75, 3.05) is 0 Å². The lowest BCUT2D eigenvalue weighted by Gasteiger charge is -2.00. The van der Waals surface area contributed by atoms with Crippen LogP contribution in [0.25, 0.3) is 0 Å². The van der Waals surface area contributed by atoms with Gasteiger partial charge in [0.15, 0.2) is 0 Å². The quantitative estimate of drug-likeness (QED) is 0.887. The maximum absolute atomic E-state index is 5.59. The minimum atomic E-state index is 0.554. The molecule has 0 aliphatic carbocycles. The fourth-order valence-corrected chi connectivity index (χ4v) is 2.23. The van der Waals surface area contributed by atoms with E-state index in [-0.39, 0.29) is 0 Å². The van der Waals surface area contributed by atoms with Crippen molar-refractivity contribution in [1.29, 1.82) is 0 Å². The summed E-state index contributed by atoms with van der Waals surface area (Å²) in [5.74, 6) is 0.873. The molecule has 16 heavy (non-hydrogen) atoms. The number of hydrogen-bond acceptors (Lipinski definition) is 4. The van der Waals surface area contributed by atoms with Crippen molar-refractivity contribution in [3.63, 3.8) is 0 Å². The van der Waals surface area contributed by atoms with Crippen LogP contribution in [0, 0.1) is 13.8 Å². The highest BCUT2D eigenvalue weighted by atomic mass is 32.2. The molecule has 0 saturated carbocycles. The predicted octanol–water partition coefficient (Wildman–Crippen LogP) is 2.90. The Labute approximate surface area is 99.1 Å². The van der Waals surface area contributed by atoms with Crippen LogP contribution >= 0.6 is 11.8 Å². The van der Waals surface area contributed by atoms with Gasteiger partial charge in [-0.25, -0.2) is 4.98 Å². The van der Waals surface area contributed by atoms with Gasteiger partial charge in [0.25, 0.3) is 5.22 Å². The average molecular weight is 234 g/mol. The number of benzene rings is 1. The van der Waals surface area contributed by atoms with Gasteiger partial charge in [0.05, 0.1) is 5.69 Å². The van der Waals surface area contributed by atoms with Gasteiger partial charge in [0, 0.05) is 11.4 Å². The van der Waals surface area contributed by atoms with E-state index in [0.717, 1.165) is 21.9 Å². The van der Waals surface area contributed by atoms with E-state index in [9.17, 15) is 0 Å². The summed E-state index contributed by atoms with van der Waals surface area (Å²) in [6.07, 6.45) is 0. The highest BCUT2D eigenvalue weighted by molar-refractivity contribution is 7.99. The Morgan fingerprint density at radius 1 is 1.38 bits per heavy atom. The number of hydrogen-bond donors (Lipinski definition) is 1. The van der Waals surface area contributed by atoms with Crippen molar-refractivity contribution in [3.8, 4) is 0 Å². The molecular formula is C12H14N2OS. The molecule has 0 spiro atoms. The van der Waals surface area contributed by atoms with E-state index in [1.165, 1.54) is 11.8 Å². The molecule has 3 nitrogen and oxygen atoms in total. The monoisotopic (exact) mass is 234 g/mol. The van der Waals surface area contributed by atoms with E-state index in [2.05, 4.69) is 11.1 Å². The molecule has 0 saturated heterocycles. The zero-order valence-corrected chi connectivity index (χ0v) is 10.2. The van der Waals surface area contributed by atoms with Crippen molar-refractivity contribution in [2.45, 2.75) is 30.5 Å². The van der Waals surface area contributed by atoms with Crippen LogP contribution in [-0.2, 0) is 6.54 Å². The molecule has 4 heteroatoms. The van der Waals surface area contributed by atoms with Crippen LogP contribution in [-0.4, -0.2) is 4.98 Å². The van der Waals surface area contributed by atoms with Gasteiger partial charge in [-0.3, -0.25) is 0 Å². The van der Waals surface area contributed by atoms with Crippen molar-refractivity contribution in [3.05, 3.63) is 41.3 Å². The summed E-state index contributed by atoms with van der Waals surface area (Å²) in [4.78, 5) is 5.43. The van der Waals surface area contributed by atoms with Crippen LogP contribution < -0.4 is 5.73 Å². The molecule has 0 aliphatic heterocycles. The van der Waals surface area contributed by atoms with Gasteiger partial charge in [-0.1, -0.05) is 12.1 Å². The van der Waals surface area contributed by atoms with Gasteiger partial charge in [0.2, 0.25) is 0 Å². The molecule has 2 aromatic rings. The first-order valence-electron chi connectivity index (χ1n) is 5.10. The standard InChI is InChI=1S/C12H14N2OS/c1-8-9(2)15-12(14-8)16-11-5-3-4-10(6-11)7-13/h3-6H,7,13H2,1-2H3. The second-order valence-corrected chi connectivity index (χ2v) is 4.60. The smallest absolute Gasteiger partial charge is 0.260 e. The third kappa shape index (κ3) is 2.46. The summed E-state index contributed by atoms with van der Waals surface area (Å²) < 4.78 is 5.51. The van der Waals surface area contributed by atoms with Crippen LogP contribution in [0.4, 0.5) is 0 Å². The van der Waals surface area contributed by atoms with Crippen molar-refractivity contribution < 1.29 is 4.42 Å². The Kier molecular flexibility index (Phi) is 3.31. The Bertz CT molecular complexity index is 474. The van der Waals surface area contributed by atoms with E-state index >= 15 is 0 Å². The van der Waals surface area contributed by atoms with Crippen molar-refractivity contribution >= 4 is 11.8 Å². The Morgan fingerprint density at radius 2 is 2.19 bits per heavy atom. The Hall–Kier alpha value is -1.26. The highest BCUT2D eigenvalue weighted by Crippen LogP contribution is 2.28. The minimum absolute atomic E-state index is 0.554. The van der Waals surface area contributed by atoms with Crippen LogP contribution in [0.2, 0.25) is 0 Å². The summed E-state index contributed by atoms with van der Waals surface area (Å²) in [5, 5.41) is 0.684. The topological polar surface area (TPSA) is 52.0 Å². The van der Waals surface area contributed by atoms with Crippen LogP contribution in [0.3, 0.4) is 0 Å². The normalized spacial score (nSPS) is 10.7. The molecule has 2 rings (SSSR count). The number of oxazole rings is 1. The first-order valence-corrected chi connectivity index (χ1v) is 5.91. The van der Waals surface area contributed by atoms with Gasteiger partial charge < -0.3 is 10.2 Å². The first kappa shape index (κ1) is 11.2. The Morgan fingerprint density at radius 3 is 2.81 bits per heavy atom. The number of rotatable bonds is 3. The fraction of sp³-hybridized carbons (Fsp3) is 0.250. The Balaban J connectivity index is 2.20. The lowest BCUT2D eigenvalue weighted by atomic mass is 10.2. The second kappa shape index (κ2) is 4.72. The van der Waals surface area contributed by atoms with Crippen molar-refractivity contribution in [1.82, 2.24) is 4.98 Å². The molecule has 2 N–H and O–H groups in total. The third-order valence-corrected chi connectivity index (χ3v) is 3.19. The van der Waals surface area contributed by atoms with Crippen molar-refractivity contribution in [2.24, 2.45) is 5.73 Å². The average Bonchev–Trinajstić information content (AvgIpc) is 2.58. The molecule has 0 aliphatic rings. The second-order valence-electron chi connectivity index (χ2n) is 3.57. The van der Waals surface area contributed by atoms with Gasteiger partial charge in [-0.05, 0) is 43.3 Å². The van der Waals surface area contributed by atoms with E-state index in [1.807, 2.05) is 32.0 Å². The lowest BCUT2D eigenvalue weighted by Crippen LogP contribution is -1.95.